The van der Waals surface area contributed by atoms with Crippen molar-refractivity contribution >= 4 is 58.5 Å². The zero-order valence-corrected chi connectivity index (χ0v) is 25.2. The van der Waals surface area contributed by atoms with E-state index in [0.29, 0.717) is 28.4 Å². The lowest BCUT2D eigenvalue weighted by atomic mass is 10.1. The van der Waals surface area contributed by atoms with E-state index in [0.717, 1.165) is 21.6 Å². The van der Waals surface area contributed by atoms with E-state index in [9.17, 15) is 14.4 Å². The smallest absolute Gasteiger partial charge is 0.272 e. The van der Waals surface area contributed by atoms with Gasteiger partial charge in [0.2, 0.25) is 5.91 Å². The summed E-state index contributed by atoms with van der Waals surface area (Å²) in [6.07, 6.45) is 2.25. The van der Waals surface area contributed by atoms with Crippen molar-refractivity contribution in [2.75, 3.05) is 10.6 Å². The molecule has 3 N–H and O–H groups in total. The van der Waals surface area contributed by atoms with Crippen LogP contribution in [0.3, 0.4) is 0 Å². The van der Waals surface area contributed by atoms with Gasteiger partial charge in [0, 0.05) is 26.9 Å². The molecule has 0 aliphatic heterocycles. The topological polar surface area (TPSA) is 87.3 Å². The van der Waals surface area contributed by atoms with Gasteiger partial charge in [-0.2, -0.15) is 0 Å². The number of carbonyl (C=O) groups excluding carboxylic acids is 3. The largest absolute Gasteiger partial charge is 0.325 e. The van der Waals surface area contributed by atoms with Gasteiger partial charge in [0.05, 0.1) is 5.25 Å². The van der Waals surface area contributed by atoms with Gasteiger partial charge in [-0.25, -0.2) is 0 Å². The molecule has 0 heterocycles. The lowest BCUT2D eigenvalue weighted by Crippen LogP contribution is -2.30. The van der Waals surface area contributed by atoms with Gasteiger partial charge in [-0.05, 0) is 79.9 Å². The van der Waals surface area contributed by atoms with E-state index in [-0.39, 0.29) is 22.8 Å². The number of anilines is 2. The number of hydrogen-bond donors (Lipinski definition) is 3. The Kier molecular flexibility index (Phi) is 10.6. The van der Waals surface area contributed by atoms with Crippen molar-refractivity contribution in [3.8, 4) is 0 Å². The van der Waals surface area contributed by atoms with Crippen LogP contribution in [0, 0.1) is 13.8 Å². The average molecular weight is 598 g/mol. The van der Waals surface area contributed by atoms with Crippen LogP contribution in [0.2, 0.25) is 5.02 Å². The van der Waals surface area contributed by atoms with E-state index < -0.39 is 5.91 Å². The van der Waals surface area contributed by atoms with Crippen LogP contribution >= 0.6 is 23.4 Å². The molecule has 0 spiro atoms. The summed E-state index contributed by atoms with van der Waals surface area (Å²) in [6.45, 7) is 5.77. The van der Waals surface area contributed by atoms with Gasteiger partial charge >= 0.3 is 0 Å². The first-order valence-electron chi connectivity index (χ1n) is 13.5. The average Bonchev–Trinajstić information content (AvgIpc) is 2.98. The van der Waals surface area contributed by atoms with Crippen LogP contribution in [0.4, 0.5) is 11.4 Å². The third-order valence-corrected chi connectivity index (χ3v) is 8.21. The summed E-state index contributed by atoms with van der Waals surface area (Å²) < 4.78 is 0. The van der Waals surface area contributed by atoms with E-state index in [1.54, 1.807) is 48.5 Å². The number of rotatable bonds is 10. The monoisotopic (exact) mass is 597 g/mol. The molecule has 0 saturated carbocycles. The first-order chi connectivity index (χ1) is 20.2. The third-order valence-electron chi connectivity index (χ3n) is 6.44. The first kappa shape index (κ1) is 30.6. The van der Waals surface area contributed by atoms with Crippen molar-refractivity contribution in [1.29, 1.82) is 0 Å². The molecule has 1 atom stereocenters. The van der Waals surface area contributed by atoms with Crippen molar-refractivity contribution in [2.24, 2.45) is 0 Å². The Morgan fingerprint density at radius 3 is 2.33 bits per heavy atom. The van der Waals surface area contributed by atoms with Crippen LogP contribution in [0.25, 0.3) is 6.08 Å². The van der Waals surface area contributed by atoms with Gasteiger partial charge in [0.1, 0.15) is 5.70 Å². The zero-order valence-electron chi connectivity index (χ0n) is 23.6. The number of amides is 3. The van der Waals surface area contributed by atoms with Gasteiger partial charge < -0.3 is 16.0 Å². The molecule has 8 heteroatoms. The summed E-state index contributed by atoms with van der Waals surface area (Å²) in [5.74, 6) is -0.987. The minimum atomic E-state index is -0.468. The van der Waals surface area contributed by atoms with Crippen LogP contribution in [0.15, 0.2) is 108 Å². The molecule has 4 aromatic carbocycles. The maximum atomic E-state index is 13.5. The molecule has 0 fully saturated rings. The highest BCUT2D eigenvalue weighted by Crippen LogP contribution is 2.30. The molecule has 3 amide bonds. The molecule has 0 bridgehead atoms. The van der Waals surface area contributed by atoms with Crippen molar-refractivity contribution < 1.29 is 14.4 Å². The lowest BCUT2D eigenvalue weighted by Gasteiger charge is -2.17. The number of thioether (sulfide) groups is 1. The summed E-state index contributed by atoms with van der Waals surface area (Å²) in [6, 6.07) is 29.1. The molecular weight excluding hydrogens is 566 g/mol. The van der Waals surface area contributed by atoms with Crippen molar-refractivity contribution in [2.45, 2.75) is 37.3 Å². The van der Waals surface area contributed by atoms with E-state index in [1.807, 2.05) is 75.4 Å². The van der Waals surface area contributed by atoms with Crippen LogP contribution in [0.5, 0.6) is 0 Å². The number of benzene rings is 4. The van der Waals surface area contributed by atoms with Crippen LogP contribution in [-0.4, -0.2) is 23.0 Å². The molecule has 1 unspecified atom stereocenters. The summed E-state index contributed by atoms with van der Waals surface area (Å²) in [5.41, 5.74) is 4.39. The third kappa shape index (κ3) is 8.35. The summed E-state index contributed by atoms with van der Waals surface area (Å²) >= 11 is 7.62. The predicted octanol–water partition coefficient (Wildman–Crippen LogP) is 7.88. The number of halogens is 1. The summed E-state index contributed by atoms with van der Waals surface area (Å²) in [7, 11) is 0. The molecule has 42 heavy (non-hydrogen) atoms. The Morgan fingerprint density at radius 1 is 0.857 bits per heavy atom. The fourth-order valence-corrected chi connectivity index (χ4v) is 5.35. The molecule has 0 aliphatic rings. The maximum Gasteiger partial charge on any atom is 0.272 e. The molecule has 4 rings (SSSR count). The van der Waals surface area contributed by atoms with Crippen LogP contribution < -0.4 is 16.0 Å². The number of nitrogens with one attached hydrogen (secondary N) is 3. The summed E-state index contributed by atoms with van der Waals surface area (Å²) in [5, 5.41) is 8.87. The highest BCUT2D eigenvalue weighted by Gasteiger charge is 2.20. The normalized spacial score (nSPS) is 11.9. The second-order valence-electron chi connectivity index (χ2n) is 9.69. The van der Waals surface area contributed by atoms with Crippen molar-refractivity contribution in [3.63, 3.8) is 0 Å². The van der Waals surface area contributed by atoms with Gasteiger partial charge in [-0.15, -0.1) is 11.8 Å². The van der Waals surface area contributed by atoms with Gasteiger partial charge in [0.25, 0.3) is 11.8 Å². The molecule has 0 radical (unpaired) electrons. The van der Waals surface area contributed by atoms with Gasteiger partial charge in [0.15, 0.2) is 0 Å². The Balaban J connectivity index is 1.51. The summed E-state index contributed by atoms with van der Waals surface area (Å²) in [4.78, 5) is 40.3. The van der Waals surface area contributed by atoms with Crippen molar-refractivity contribution in [3.05, 3.63) is 130 Å². The Morgan fingerprint density at radius 2 is 1.60 bits per heavy atom. The Bertz CT molecular complexity index is 1620. The molecule has 214 valence electrons. The minimum Gasteiger partial charge on any atom is -0.325 e. The number of aryl methyl sites for hydroxylation is 1. The van der Waals surface area contributed by atoms with Gasteiger partial charge in [-0.1, -0.05) is 78.7 Å². The number of carbonyl (C=O) groups is 3. The second kappa shape index (κ2) is 14.5. The molecule has 0 aromatic heterocycles. The Labute approximate surface area is 255 Å². The van der Waals surface area contributed by atoms with E-state index in [1.165, 1.54) is 11.8 Å². The van der Waals surface area contributed by atoms with Gasteiger partial charge in [-0.3, -0.25) is 14.4 Å². The zero-order chi connectivity index (χ0) is 30.1. The van der Waals surface area contributed by atoms with Crippen LogP contribution in [-0.2, 0) is 9.59 Å². The van der Waals surface area contributed by atoms with E-state index >= 15 is 0 Å². The molecule has 0 aliphatic carbocycles. The minimum absolute atomic E-state index is 0.107. The van der Waals surface area contributed by atoms with E-state index in [2.05, 4.69) is 16.0 Å². The standard InChI is InChI=1S/C34H32ClN3O3S/c1-4-31(34(41)37-29-18-10-17-28(35)23(29)3)42-27-16-9-15-26(21-27)36-33(40)30(20-24-12-8-11-22(2)19-24)38-32(39)25-13-6-5-7-14-25/h5-21,31H,4H2,1-3H3,(H,36,40)(H,37,41)(H,38,39)/b30-20+. The van der Waals surface area contributed by atoms with Crippen molar-refractivity contribution in [1.82, 2.24) is 5.32 Å². The fourth-order valence-electron chi connectivity index (χ4n) is 4.16. The second-order valence-corrected chi connectivity index (χ2v) is 11.4. The highest BCUT2D eigenvalue weighted by molar-refractivity contribution is 8.00. The van der Waals surface area contributed by atoms with Crippen LogP contribution in [0.1, 0.15) is 40.4 Å². The highest BCUT2D eigenvalue weighted by atomic mass is 35.5. The molecule has 0 saturated heterocycles. The number of hydrogen-bond acceptors (Lipinski definition) is 4. The SMILES string of the molecule is CCC(Sc1cccc(NC(=O)/C(=C\c2cccc(C)c2)NC(=O)c2ccccc2)c1)C(=O)Nc1cccc(Cl)c1C. The fraction of sp³-hybridized carbons (Fsp3) is 0.147. The first-order valence-corrected chi connectivity index (χ1v) is 14.8. The molecular formula is C34H32ClN3O3S. The predicted molar refractivity (Wildman–Crippen MR) is 173 cm³/mol. The lowest BCUT2D eigenvalue weighted by molar-refractivity contribution is -0.116. The van der Waals surface area contributed by atoms with E-state index in [4.69, 9.17) is 11.6 Å². The molecule has 6 nitrogen and oxygen atoms in total. The Hall–Kier alpha value is -4.33. The quantitative estimate of drug-likeness (QED) is 0.128. The molecule has 4 aromatic rings. The maximum absolute atomic E-state index is 13.5.